The van der Waals surface area contributed by atoms with Gasteiger partial charge in [0.15, 0.2) is 11.5 Å². The topological polar surface area (TPSA) is 96.1 Å². The number of aliphatic hydroxyl groups excluding tert-OH is 2. The van der Waals surface area contributed by atoms with Crippen LogP contribution < -0.4 is 5.32 Å². The molecule has 25 heavy (non-hydrogen) atoms. The minimum Gasteiger partial charge on any atom is -0.389 e. The first-order valence-corrected chi connectivity index (χ1v) is 9.61. The van der Waals surface area contributed by atoms with Crippen LogP contribution >= 0.6 is 27.7 Å². The fraction of sp³-hybridized carbons (Fsp3) is 0.312. The molecule has 4 rings (SSSR count). The van der Waals surface area contributed by atoms with Crippen molar-refractivity contribution in [3.63, 3.8) is 0 Å². The Labute approximate surface area is 156 Å². The number of fused-ring (bicyclic) bond motifs is 1. The van der Waals surface area contributed by atoms with Gasteiger partial charge in [-0.05, 0) is 17.7 Å². The van der Waals surface area contributed by atoms with E-state index < -0.39 is 12.2 Å². The third-order valence-electron chi connectivity index (χ3n) is 4.11. The summed E-state index contributed by atoms with van der Waals surface area (Å²) in [5, 5.41) is 22.9. The van der Waals surface area contributed by atoms with E-state index >= 15 is 0 Å². The van der Waals surface area contributed by atoms with Crippen LogP contribution in [-0.2, 0) is 6.54 Å². The number of nitrogens with one attached hydrogen (secondary N) is 1. The smallest absolute Gasteiger partial charge is 0.166 e. The first-order chi connectivity index (χ1) is 12.1. The largest absolute Gasteiger partial charge is 0.389 e. The fourth-order valence-electron chi connectivity index (χ4n) is 2.83. The first kappa shape index (κ1) is 16.8. The van der Waals surface area contributed by atoms with E-state index in [1.165, 1.54) is 18.1 Å². The van der Waals surface area contributed by atoms with Crippen LogP contribution in [0, 0.1) is 0 Å². The number of aromatic nitrogens is 4. The van der Waals surface area contributed by atoms with E-state index in [4.69, 9.17) is 0 Å². The lowest BCUT2D eigenvalue weighted by Crippen LogP contribution is -2.27. The van der Waals surface area contributed by atoms with Crippen molar-refractivity contribution in [2.45, 2.75) is 24.1 Å². The van der Waals surface area contributed by atoms with E-state index in [-0.39, 0.29) is 5.37 Å². The van der Waals surface area contributed by atoms with Gasteiger partial charge in [0, 0.05) is 16.8 Å². The van der Waals surface area contributed by atoms with Gasteiger partial charge >= 0.3 is 0 Å². The second-order valence-electron chi connectivity index (χ2n) is 5.81. The molecular formula is C16H16BrN5O2S. The van der Waals surface area contributed by atoms with E-state index in [1.807, 2.05) is 24.3 Å². The van der Waals surface area contributed by atoms with Crippen molar-refractivity contribution < 1.29 is 10.2 Å². The van der Waals surface area contributed by atoms with E-state index in [0.29, 0.717) is 29.3 Å². The van der Waals surface area contributed by atoms with Gasteiger partial charge in [0.1, 0.15) is 23.3 Å². The van der Waals surface area contributed by atoms with Gasteiger partial charge in [0.25, 0.3) is 0 Å². The molecule has 2 aromatic heterocycles. The third kappa shape index (κ3) is 3.24. The molecule has 1 unspecified atom stereocenters. The average Bonchev–Trinajstić information content (AvgIpc) is 3.17. The maximum absolute atomic E-state index is 10.2. The molecule has 1 aliphatic rings. The molecule has 3 N–H and O–H groups in total. The summed E-state index contributed by atoms with van der Waals surface area (Å²) in [7, 11) is 0. The van der Waals surface area contributed by atoms with Gasteiger partial charge in [-0.25, -0.2) is 15.0 Å². The Morgan fingerprint density at radius 1 is 1.28 bits per heavy atom. The Morgan fingerprint density at radius 3 is 2.92 bits per heavy atom. The maximum Gasteiger partial charge on any atom is 0.166 e. The molecule has 9 heteroatoms. The van der Waals surface area contributed by atoms with E-state index in [9.17, 15) is 10.2 Å². The van der Waals surface area contributed by atoms with E-state index in [0.717, 1.165) is 10.0 Å². The zero-order chi connectivity index (χ0) is 17.4. The summed E-state index contributed by atoms with van der Waals surface area (Å²) in [6.07, 6.45) is 1.55. The molecular weight excluding hydrogens is 406 g/mol. The SMILES string of the molecule is OC1[C@H](n2cnc3c(NCc4cccc(Br)c4)ncnc32)SC[C@@H]1O. The van der Waals surface area contributed by atoms with Crippen LogP contribution in [0.3, 0.4) is 0 Å². The first-order valence-electron chi connectivity index (χ1n) is 7.77. The molecule has 0 saturated carbocycles. The fourth-order valence-corrected chi connectivity index (χ4v) is 4.56. The van der Waals surface area contributed by atoms with Gasteiger partial charge in [0.2, 0.25) is 0 Å². The van der Waals surface area contributed by atoms with Crippen LogP contribution in [0.25, 0.3) is 11.2 Å². The number of hydrogen-bond donors (Lipinski definition) is 3. The minimum absolute atomic E-state index is 0.298. The number of imidazole rings is 1. The molecule has 1 aliphatic heterocycles. The van der Waals surface area contributed by atoms with Crippen LogP contribution in [0.1, 0.15) is 10.9 Å². The van der Waals surface area contributed by atoms with Crippen LogP contribution in [-0.4, -0.2) is 47.7 Å². The van der Waals surface area contributed by atoms with Crippen molar-refractivity contribution in [2.24, 2.45) is 0 Å². The molecule has 1 fully saturated rings. The molecule has 0 spiro atoms. The lowest BCUT2D eigenvalue weighted by atomic mass is 10.2. The van der Waals surface area contributed by atoms with Crippen LogP contribution in [0.2, 0.25) is 0 Å². The van der Waals surface area contributed by atoms with Gasteiger partial charge in [-0.1, -0.05) is 28.1 Å². The molecule has 0 aliphatic carbocycles. The number of anilines is 1. The Hall–Kier alpha value is -1.68. The van der Waals surface area contributed by atoms with E-state index in [2.05, 4.69) is 36.2 Å². The molecule has 1 saturated heterocycles. The molecule has 0 amide bonds. The molecule has 0 radical (unpaired) electrons. The van der Waals surface area contributed by atoms with Crippen LogP contribution in [0.5, 0.6) is 0 Å². The number of rotatable bonds is 4. The maximum atomic E-state index is 10.2. The highest BCUT2D eigenvalue weighted by Crippen LogP contribution is 2.38. The summed E-state index contributed by atoms with van der Waals surface area (Å²) in [4.78, 5) is 13.0. The van der Waals surface area contributed by atoms with Crippen molar-refractivity contribution in [2.75, 3.05) is 11.1 Å². The summed E-state index contributed by atoms with van der Waals surface area (Å²) in [5.74, 6) is 1.13. The van der Waals surface area contributed by atoms with Crippen LogP contribution in [0.4, 0.5) is 5.82 Å². The minimum atomic E-state index is -0.838. The molecule has 1 aromatic carbocycles. The summed E-state index contributed by atoms with van der Waals surface area (Å²) in [6.45, 7) is 0.609. The van der Waals surface area contributed by atoms with Crippen molar-refractivity contribution in [1.82, 2.24) is 19.5 Å². The average molecular weight is 422 g/mol. The summed E-state index contributed by atoms with van der Waals surface area (Å²) < 4.78 is 2.82. The molecule has 3 aromatic rings. The van der Waals surface area contributed by atoms with Crippen molar-refractivity contribution >= 4 is 44.7 Å². The van der Waals surface area contributed by atoms with Gasteiger partial charge in [-0.3, -0.25) is 4.57 Å². The Balaban J connectivity index is 1.61. The van der Waals surface area contributed by atoms with Gasteiger partial charge in [0.05, 0.1) is 12.4 Å². The lowest BCUT2D eigenvalue weighted by molar-refractivity contribution is 0.0313. The Morgan fingerprint density at radius 2 is 2.16 bits per heavy atom. The van der Waals surface area contributed by atoms with Crippen LogP contribution in [0.15, 0.2) is 41.4 Å². The number of thioether (sulfide) groups is 1. The standard InChI is InChI=1S/C16H16BrN5O2S/c17-10-3-1-2-9(4-10)5-18-14-12-15(20-7-19-14)22(8-21-12)16-13(24)11(23)6-25-16/h1-4,7-8,11,13,16,23-24H,5-6H2,(H,18,19,20)/t11-,13?,16+/m0/s1. The number of aliphatic hydroxyl groups is 2. The van der Waals surface area contributed by atoms with Gasteiger partial charge in [-0.15, -0.1) is 11.8 Å². The number of hydrogen-bond acceptors (Lipinski definition) is 7. The monoisotopic (exact) mass is 421 g/mol. The normalized spacial score (nSPS) is 23.2. The second kappa shape index (κ2) is 6.91. The number of halogens is 1. The zero-order valence-corrected chi connectivity index (χ0v) is 15.5. The summed E-state index contributed by atoms with van der Waals surface area (Å²) in [5.41, 5.74) is 2.40. The summed E-state index contributed by atoms with van der Waals surface area (Å²) >= 11 is 4.95. The molecule has 130 valence electrons. The predicted octanol–water partition coefficient (Wildman–Crippen LogP) is 2.17. The van der Waals surface area contributed by atoms with Crippen molar-refractivity contribution in [3.05, 3.63) is 47.0 Å². The highest BCUT2D eigenvalue weighted by atomic mass is 79.9. The molecule has 3 atom stereocenters. The third-order valence-corrected chi connectivity index (χ3v) is 5.98. The Bertz CT molecular complexity index is 905. The second-order valence-corrected chi connectivity index (χ2v) is 7.88. The summed E-state index contributed by atoms with van der Waals surface area (Å²) in [6, 6.07) is 8.03. The zero-order valence-electron chi connectivity index (χ0n) is 13.1. The quantitative estimate of drug-likeness (QED) is 0.593. The Kier molecular flexibility index (Phi) is 4.63. The molecule has 0 bridgehead atoms. The highest BCUT2D eigenvalue weighted by Gasteiger charge is 2.36. The number of nitrogens with zero attached hydrogens (tertiary/aromatic N) is 4. The van der Waals surface area contributed by atoms with Gasteiger partial charge in [-0.2, -0.15) is 0 Å². The number of benzene rings is 1. The van der Waals surface area contributed by atoms with Crippen molar-refractivity contribution in [3.8, 4) is 0 Å². The van der Waals surface area contributed by atoms with Crippen molar-refractivity contribution in [1.29, 1.82) is 0 Å². The van der Waals surface area contributed by atoms with Gasteiger partial charge < -0.3 is 15.5 Å². The van der Waals surface area contributed by atoms with E-state index in [1.54, 1.807) is 10.9 Å². The predicted molar refractivity (Wildman–Crippen MR) is 100 cm³/mol. The molecule has 7 nitrogen and oxygen atoms in total. The highest BCUT2D eigenvalue weighted by molar-refractivity contribution is 9.10. The molecule has 3 heterocycles. The lowest BCUT2D eigenvalue weighted by Gasteiger charge is -2.17.